The Balaban J connectivity index is 2.14. The van der Waals surface area contributed by atoms with Crippen LogP contribution in [-0.2, 0) is 9.47 Å². The zero-order valence-electron chi connectivity index (χ0n) is 10.4. The molecule has 5 nitrogen and oxygen atoms in total. The normalized spacial score (nSPS) is 15.4. The lowest BCUT2D eigenvalue weighted by molar-refractivity contribution is 0.0526. The number of carbonyl (C=O) groups is 1. The number of nitrogens with zero attached hydrogens (tertiary/aromatic N) is 2. The molecule has 1 aromatic heterocycles. The van der Waals surface area contributed by atoms with E-state index < -0.39 is 0 Å². The van der Waals surface area contributed by atoms with Crippen molar-refractivity contribution in [3.8, 4) is 0 Å². The summed E-state index contributed by atoms with van der Waals surface area (Å²) in [6.07, 6.45) is 0.219. The van der Waals surface area contributed by atoms with Gasteiger partial charge in [-0.2, -0.15) is 0 Å². The summed E-state index contributed by atoms with van der Waals surface area (Å²) in [5, 5.41) is 0.288. The zero-order chi connectivity index (χ0) is 13.1. The third-order valence-corrected chi connectivity index (χ3v) is 2.99. The number of hydrogen-bond acceptors (Lipinski definition) is 5. The van der Waals surface area contributed by atoms with Crippen LogP contribution in [0.3, 0.4) is 0 Å². The molecule has 2 rings (SSSR count). The first kappa shape index (κ1) is 13.1. The van der Waals surface area contributed by atoms with Crippen LogP contribution in [0, 0.1) is 0 Å². The van der Waals surface area contributed by atoms with Gasteiger partial charge in [0, 0.05) is 20.2 Å². The van der Waals surface area contributed by atoms with Crippen LogP contribution in [-0.4, -0.2) is 43.9 Å². The molecule has 0 radical (unpaired) electrons. The standard InChI is InChI=1S/C12H15ClN2O3/c1-3-18-12(16)8-4-10(13)14-11(5-8)15-6-9(7-15)17-2/h4-5,9H,3,6-7H2,1-2H3. The quantitative estimate of drug-likeness (QED) is 0.616. The Bertz CT molecular complexity index is 447. The van der Waals surface area contributed by atoms with Crippen molar-refractivity contribution in [3.05, 3.63) is 22.8 Å². The number of esters is 1. The monoisotopic (exact) mass is 270 g/mol. The molecule has 2 heterocycles. The Morgan fingerprint density at radius 3 is 2.89 bits per heavy atom. The first-order valence-electron chi connectivity index (χ1n) is 5.76. The average Bonchev–Trinajstić information content (AvgIpc) is 2.27. The maximum absolute atomic E-state index is 11.6. The van der Waals surface area contributed by atoms with Gasteiger partial charge in [-0.3, -0.25) is 0 Å². The van der Waals surface area contributed by atoms with Crippen LogP contribution in [0.2, 0.25) is 5.15 Å². The first-order chi connectivity index (χ1) is 8.63. The molecule has 1 saturated heterocycles. The lowest BCUT2D eigenvalue weighted by Gasteiger charge is -2.39. The highest BCUT2D eigenvalue weighted by molar-refractivity contribution is 6.29. The van der Waals surface area contributed by atoms with Gasteiger partial charge < -0.3 is 14.4 Å². The van der Waals surface area contributed by atoms with Gasteiger partial charge in [-0.25, -0.2) is 9.78 Å². The number of carbonyl (C=O) groups excluding carboxylic acids is 1. The van der Waals surface area contributed by atoms with Gasteiger partial charge in [-0.05, 0) is 19.1 Å². The minimum atomic E-state index is -0.383. The number of aromatic nitrogens is 1. The lowest BCUT2D eigenvalue weighted by atomic mass is 10.1. The molecular weight excluding hydrogens is 256 g/mol. The van der Waals surface area contributed by atoms with Gasteiger partial charge >= 0.3 is 5.97 Å². The van der Waals surface area contributed by atoms with Gasteiger partial charge in [0.1, 0.15) is 11.0 Å². The Labute approximate surface area is 111 Å². The van der Waals surface area contributed by atoms with Crippen molar-refractivity contribution in [2.45, 2.75) is 13.0 Å². The topological polar surface area (TPSA) is 51.7 Å². The Kier molecular flexibility index (Phi) is 4.04. The van der Waals surface area contributed by atoms with Gasteiger partial charge in [0.15, 0.2) is 0 Å². The van der Waals surface area contributed by atoms with E-state index in [1.807, 2.05) is 4.90 Å². The molecule has 0 unspecified atom stereocenters. The van der Waals surface area contributed by atoms with Crippen molar-refractivity contribution in [1.82, 2.24) is 4.98 Å². The minimum Gasteiger partial charge on any atom is -0.462 e. The molecule has 1 aromatic rings. The number of anilines is 1. The fourth-order valence-electron chi connectivity index (χ4n) is 1.75. The molecular formula is C12H15ClN2O3. The van der Waals surface area contributed by atoms with Gasteiger partial charge in [0.25, 0.3) is 0 Å². The minimum absolute atomic E-state index is 0.219. The second-order valence-electron chi connectivity index (χ2n) is 4.02. The molecule has 0 N–H and O–H groups in total. The summed E-state index contributed by atoms with van der Waals surface area (Å²) in [5.41, 5.74) is 0.424. The smallest absolute Gasteiger partial charge is 0.338 e. The summed E-state index contributed by atoms with van der Waals surface area (Å²) in [4.78, 5) is 17.8. The number of hydrogen-bond donors (Lipinski definition) is 0. The molecule has 0 atom stereocenters. The largest absolute Gasteiger partial charge is 0.462 e. The predicted molar refractivity (Wildman–Crippen MR) is 68.2 cm³/mol. The molecule has 1 aliphatic rings. The Morgan fingerprint density at radius 1 is 1.56 bits per heavy atom. The van der Waals surface area contributed by atoms with E-state index >= 15 is 0 Å². The third kappa shape index (κ3) is 2.73. The van der Waals surface area contributed by atoms with Gasteiger partial charge in [-0.15, -0.1) is 0 Å². The molecule has 0 aromatic carbocycles. The highest BCUT2D eigenvalue weighted by atomic mass is 35.5. The van der Waals surface area contributed by atoms with Crippen molar-refractivity contribution >= 4 is 23.4 Å². The SMILES string of the molecule is CCOC(=O)c1cc(Cl)nc(N2CC(OC)C2)c1. The van der Waals surface area contributed by atoms with Crippen molar-refractivity contribution in [1.29, 1.82) is 0 Å². The average molecular weight is 271 g/mol. The summed E-state index contributed by atoms with van der Waals surface area (Å²) in [7, 11) is 1.68. The van der Waals surface area contributed by atoms with E-state index in [1.54, 1.807) is 20.1 Å². The fourth-order valence-corrected chi connectivity index (χ4v) is 1.96. The number of halogens is 1. The summed E-state index contributed by atoms with van der Waals surface area (Å²) in [6.45, 7) is 3.61. The van der Waals surface area contributed by atoms with Crippen LogP contribution in [0.4, 0.5) is 5.82 Å². The van der Waals surface area contributed by atoms with Crippen molar-refractivity contribution < 1.29 is 14.3 Å². The van der Waals surface area contributed by atoms with Crippen molar-refractivity contribution in [2.75, 3.05) is 31.7 Å². The third-order valence-electron chi connectivity index (χ3n) is 2.80. The molecule has 0 saturated carbocycles. The molecule has 6 heteroatoms. The van der Waals surface area contributed by atoms with Crippen LogP contribution in [0.1, 0.15) is 17.3 Å². The van der Waals surface area contributed by atoms with Crippen LogP contribution in [0.5, 0.6) is 0 Å². The van der Waals surface area contributed by atoms with Crippen LogP contribution < -0.4 is 4.90 Å². The van der Waals surface area contributed by atoms with Crippen molar-refractivity contribution in [3.63, 3.8) is 0 Å². The van der Waals surface area contributed by atoms with Gasteiger partial charge in [-0.1, -0.05) is 11.6 Å². The summed E-state index contributed by atoms with van der Waals surface area (Å²) < 4.78 is 10.1. The Hall–Kier alpha value is -1.33. The van der Waals surface area contributed by atoms with E-state index in [1.165, 1.54) is 6.07 Å². The molecule has 0 spiro atoms. The maximum Gasteiger partial charge on any atom is 0.338 e. The van der Waals surface area contributed by atoms with E-state index in [4.69, 9.17) is 21.1 Å². The highest BCUT2D eigenvalue weighted by Gasteiger charge is 2.28. The molecule has 1 aliphatic heterocycles. The van der Waals surface area contributed by atoms with E-state index in [2.05, 4.69) is 4.98 Å². The lowest BCUT2D eigenvalue weighted by Crippen LogP contribution is -2.52. The van der Waals surface area contributed by atoms with Crippen LogP contribution >= 0.6 is 11.6 Å². The number of methoxy groups -OCH3 is 1. The second kappa shape index (κ2) is 5.54. The molecule has 0 aliphatic carbocycles. The number of ether oxygens (including phenoxy) is 2. The molecule has 18 heavy (non-hydrogen) atoms. The summed E-state index contributed by atoms with van der Waals surface area (Å²) >= 11 is 5.91. The van der Waals surface area contributed by atoms with Crippen molar-refractivity contribution in [2.24, 2.45) is 0 Å². The summed E-state index contributed by atoms with van der Waals surface area (Å²) in [6, 6.07) is 3.20. The van der Waals surface area contributed by atoms with E-state index in [9.17, 15) is 4.79 Å². The molecule has 1 fully saturated rings. The predicted octanol–water partition coefficient (Wildman–Crippen LogP) is 1.75. The fraction of sp³-hybridized carbons (Fsp3) is 0.500. The number of rotatable bonds is 4. The second-order valence-corrected chi connectivity index (χ2v) is 4.41. The van der Waals surface area contributed by atoms with Gasteiger partial charge in [0.2, 0.25) is 0 Å². The maximum atomic E-state index is 11.6. The van der Waals surface area contributed by atoms with Crippen LogP contribution in [0.15, 0.2) is 12.1 Å². The van der Waals surface area contributed by atoms with E-state index in [-0.39, 0.29) is 17.2 Å². The molecule has 98 valence electrons. The van der Waals surface area contributed by atoms with Gasteiger partial charge in [0.05, 0.1) is 18.3 Å². The summed E-state index contributed by atoms with van der Waals surface area (Å²) in [5.74, 6) is 0.297. The van der Waals surface area contributed by atoms with E-state index in [0.717, 1.165) is 13.1 Å². The van der Waals surface area contributed by atoms with E-state index in [0.29, 0.717) is 18.0 Å². The molecule has 0 bridgehead atoms. The van der Waals surface area contributed by atoms with Crippen LogP contribution in [0.25, 0.3) is 0 Å². The molecule has 0 amide bonds. The first-order valence-corrected chi connectivity index (χ1v) is 6.14. The Morgan fingerprint density at radius 2 is 2.28 bits per heavy atom. The zero-order valence-corrected chi connectivity index (χ0v) is 11.1. The highest BCUT2D eigenvalue weighted by Crippen LogP contribution is 2.24. The number of pyridine rings is 1.